The summed E-state index contributed by atoms with van der Waals surface area (Å²) in [5.41, 5.74) is 6.83. The van der Waals surface area contributed by atoms with Crippen molar-refractivity contribution in [3.63, 3.8) is 0 Å². The van der Waals surface area contributed by atoms with Gasteiger partial charge in [0.1, 0.15) is 0 Å². The molecule has 0 bridgehead atoms. The smallest absolute Gasteiger partial charge is 0.0890 e. The molecule has 2 rings (SSSR count). The summed E-state index contributed by atoms with van der Waals surface area (Å²) in [5.74, 6) is 0. The van der Waals surface area contributed by atoms with Gasteiger partial charge in [-0.3, -0.25) is 0 Å². The van der Waals surface area contributed by atoms with Crippen molar-refractivity contribution in [1.82, 2.24) is 0 Å². The summed E-state index contributed by atoms with van der Waals surface area (Å²) < 4.78 is 6.30. The van der Waals surface area contributed by atoms with Gasteiger partial charge < -0.3 is 4.74 Å². The third kappa shape index (κ3) is 1.94. The van der Waals surface area contributed by atoms with Gasteiger partial charge in [0, 0.05) is 5.41 Å². The van der Waals surface area contributed by atoms with Gasteiger partial charge in [0.25, 0.3) is 0 Å². The monoisotopic (exact) mass is 260 g/mol. The van der Waals surface area contributed by atoms with Crippen LogP contribution in [0.2, 0.25) is 0 Å². The Kier molecular flexibility index (Phi) is 2.96. The molecule has 0 saturated heterocycles. The molecule has 0 saturated carbocycles. The van der Waals surface area contributed by atoms with E-state index in [4.69, 9.17) is 4.74 Å². The van der Waals surface area contributed by atoms with Gasteiger partial charge in [0.15, 0.2) is 0 Å². The molecule has 0 aromatic heterocycles. The number of rotatable bonds is 1. The van der Waals surface area contributed by atoms with Crippen molar-refractivity contribution in [2.24, 2.45) is 5.41 Å². The average Bonchev–Trinajstić information content (AvgIpc) is 2.50. The van der Waals surface area contributed by atoms with Crippen LogP contribution in [0.1, 0.15) is 62.3 Å². The van der Waals surface area contributed by atoms with Crippen molar-refractivity contribution in [3.05, 3.63) is 33.9 Å². The maximum Gasteiger partial charge on any atom is 0.0890 e. The van der Waals surface area contributed by atoms with E-state index >= 15 is 0 Å². The first-order chi connectivity index (χ1) is 8.41. The fraction of sp³-hybridized carbons (Fsp3) is 0.667. The average molecular weight is 260 g/mol. The van der Waals surface area contributed by atoms with E-state index in [0.29, 0.717) is 0 Å². The van der Waals surface area contributed by atoms with Crippen molar-refractivity contribution in [1.29, 1.82) is 0 Å². The second kappa shape index (κ2) is 3.85. The Labute approximate surface area is 118 Å². The number of hydrogen-bond donors (Lipinski definition) is 0. The first kappa shape index (κ1) is 14.6. The van der Waals surface area contributed by atoms with Crippen molar-refractivity contribution in [2.45, 2.75) is 73.5 Å². The summed E-state index contributed by atoms with van der Waals surface area (Å²) in [4.78, 5) is 0. The quantitative estimate of drug-likeness (QED) is 0.630. The van der Waals surface area contributed by atoms with E-state index in [1.165, 1.54) is 27.9 Å². The largest absolute Gasteiger partial charge is 0.361 e. The lowest BCUT2D eigenvalue weighted by Gasteiger charge is -2.33. The molecule has 0 N–H and O–H groups in total. The lowest BCUT2D eigenvalue weighted by atomic mass is 9.73. The van der Waals surface area contributed by atoms with Crippen LogP contribution in [0.15, 0.2) is 33.9 Å². The molecule has 0 aromatic rings. The second-order valence-corrected chi connectivity index (χ2v) is 7.61. The molecule has 1 nitrogen and oxygen atoms in total. The maximum absolute atomic E-state index is 6.30. The van der Waals surface area contributed by atoms with Gasteiger partial charge in [-0.05, 0) is 65.2 Å². The van der Waals surface area contributed by atoms with Crippen LogP contribution in [0.3, 0.4) is 0 Å². The van der Waals surface area contributed by atoms with E-state index in [2.05, 4.69) is 68.4 Å². The zero-order chi connectivity index (χ0) is 14.8. The molecule has 19 heavy (non-hydrogen) atoms. The molecule has 2 aliphatic rings. The molecule has 1 heterocycles. The highest BCUT2D eigenvalue weighted by atomic mass is 16.5. The predicted octanol–water partition coefficient (Wildman–Crippen LogP) is 5.19. The molecular formula is C18H28O. The first-order valence-electron chi connectivity index (χ1n) is 7.24. The van der Waals surface area contributed by atoms with Crippen LogP contribution >= 0.6 is 0 Å². The highest BCUT2D eigenvalue weighted by Crippen LogP contribution is 2.54. The molecule has 0 spiro atoms. The summed E-state index contributed by atoms with van der Waals surface area (Å²) in [6.45, 7) is 20.1. The van der Waals surface area contributed by atoms with Gasteiger partial charge in [0.05, 0.1) is 11.2 Å². The Morgan fingerprint density at radius 1 is 0.789 bits per heavy atom. The Morgan fingerprint density at radius 3 is 1.63 bits per heavy atom. The summed E-state index contributed by atoms with van der Waals surface area (Å²) >= 11 is 0. The summed E-state index contributed by atoms with van der Waals surface area (Å²) in [5, 5.41) is 0. The van der Waals surface area contributed by atoms with E-state index in [1.54, 1.807) is 0 Å². The number of allylic oxidation sites excluding steroid dienone is 3. The Morgan fingerprint density at radius 2 is 1.32 bits per heavy atom. The van der Waals surface area contributed by atoms with Gasteiger partial charge in [-0.25, -0.2) is 0 Å². The zero-order valence-corrected chi connectivity index (χ0v) is 14.0. The van der Waals surface area contributed by atoms with Gasteiger partial charge in [-0.15, -0.1) is 0 Å². The first-order valence-corrected chi connectivity index (χ1v) is 7.24. The lowest BCUT2D eigenvalue weighted by molar-refractivity contribution is -0.0560. The molecule has 0 aromatic carbocycles. The van der Waals surface area contributed by atoms with Gasteiger partial charge in [-0.2, -0.15) is 0 Å². The Bertz CT molecular complexity index is 522. The molecule has 1 heteroatoms. The SMILES string of the molecule is CC1=C(C)C(C)(C)C(C2=C(C)C(C)(C)OC2(C)C)=C1. The van der Waals surface area contributed by atoms with Crippen LogP contribution in [-0.2, 0) is 4.74 Å². The predicted molar refractivity (Wildman–Crippen MR) is 82.2 cm³/mol. The zero-order valence-electron chi connectivity index (χ0n) is 14.0. The van der Waals surface area contributed by atoms with Crippen molar-refractivity contribution < 1.29 is 4.74 Å². The topological polar surface area (TPSA) is 9.23 Å². The molecular weight excluding hydrogens is 232 g/mol. The fourth-order valence-corrected chi connectivity index (χ4v) is 3.63. The summed E-state index contributed by atoms with van der Waals surface area (Å²) in [6.07, 6.45) is 2.36. The van der Waals surface area contributed by atoms with E-state index in [1.807, 2.05) is 0 Å². The van der Waals surface area contributed by atoms with Crippen LogP contribution in [0.5, 0.6) is 0 Å². The van der Waals surface area contributed by atoms with Crippen molar-refractivity contribution >= 4 is 0 Å². The van der Waals surface area contributed by atoms with E-state index in [-0.39, 0.29) is 16.6 Å². The van der Waals surface area contributed by atoms with Gasteiger partial charge in [0.2, 0.25) is 0 Å². The van der Waals surface area contributed by atoms with E-state index < -0.39 is 0 Å². The van der Waals surface area contributed by atoms with Crippen LogP contribution in [0.4, 0.5) is 0 Å². The van der Waals surface area contributed by atoms with Crippen LogP contribution in [-0.4, -0.2) is 11.2 Å². The lowest BCUT2D eigenvalue weighted by Crippen LogP contribution is -2.31. The second-order valence-electron chi connectivity index (χ2n) is 7.61. The minimum Gasteiger partial charge on any atom is -0.361 e. The Hall–Kier alpha value is -0.820. The third-order valence-electron chi connectivity index (χ3n) is 5.22. The minimum absolute atomic E-state index is 0.113. The maximum atomic E-state index is 6.30. The third-order valence-corrected chi connectivity index (χ3v) is 5.22. The summed E-state index contributed by atoms with van der Waals surface area (Å²) in [6, 6.07) is 0. The van der Waals surface area contributed by atoms with E-state index in [9.17, 15) is 0 Å². The van der Waals surface area contributed by atoms with Crippen LogP contribution < -0.4 is 0 Å². The molecule has 0 amide bonds. The molecule has 106 valence electrons. The molecule has 0 unspecified atom stereocenters. The highest BCUT2D eigenvalue weighted by molar-refractivity contribution is 5.58. The fourth-order valence-electron chi connectivity index (χ4n) is 3.63. The normalized spacial score (nSPS) is 28.2. The Balaban J connectivity index is 2.62. The number of ether oxygens (including phenoxy) is 1. The minimum atomic E-state index is -0.207. The number of hydrogen-bond acceptors (Lipinski definition) is 1. The van der Waals surface area contributed by atoms with Crippen LogP contribution in [0.25, 0.3) is 0 Å². The van der Waals surface area contributed by atoms with Crippen molar-refractivity contribution in [2.75, 3.05) is 0 Å². The molecule has 0 fully saturated rings. The van der Waals surface area contributed by atoms with Gasteiger partial charge in [-0.1, -0.05) is 31.1 Å². The molecule has 1 aliphatic heterocycles. The van der Waals surface area contributed by atoms with E-state index in [0.717, 1.165) is 0 Å². The summed E-state index contributed by atoms with van der Waals surface area (Å²) in [7, 11) is 0. The highest BCUT2D eigenvalue weighted by Gasteiger charge is 2.48. The molecule has 1 aliphatic carbocycles. The molecule has 0 atom stereocenters. The standard InChI is InChI=1S/C18H28O/c1-11-10-14(16(4,5)12(11)2)15-13(3)17(6,7)19-18(15,8)9/h10H,1-9H3. The van der Waals surface area contributed by atoms with Gasteiger partial charge >= 0.3 is 0 Å². The molecule has 0 radical (unpaired) electrons. The van der Waals surface area contributed by atoms with Crippen LogP contribution in [0, 0.1) is 5.41 Å². The van der Waals surface area contributed by atoms with Crippen molar-refractivity contribution in [3.8, 4) is 0 Å².